The largest absolute Gasteiger partial charge is 0.462 e. The second-order valence-electron chi connectivity index (χ2n) is 7.74. The van der Waals surface area contributed by atoms with Crippen LogP contribution in [0.1, 0.15) is 37.5 Å². The number of esters is 1. The highest BCUT2D eigenvalue weighted by Gasteiger charge is 2.38. The van der Waals surface area contributed by atoms with Gasteiger partial charge in [-0.15, -0.1) is 0 Å². The molecule has 0 spiro atoms. The fraction of sp³-hybridized carbons (Fsp3) is 0.250. The third kappa shape index (κ3) is 3.84. The summed E-state index contributed by atoms with van der Waals surface area (Å²) in [6.07, 6.45) is 0. The van der Waals surface area contributed by atoms with Crippen molar-refractivity contribution in [1.82, 2.24) is 0 Å². The zero-order valence-corrected chi connectivity index (χ0v) is 19.8. The molecule has 0 aromatic heterocycles. The molecule has 154 valence electrons. The fourth-order valence-electron chi connectivity index (χ4n) is 3.52. The van der Waals surface area contributed by atoms with Crippen LogP contribution in [0, 0.1) is 6.92 Å². The lowest BCUT2D eigenvalue weighted by Crippen LogP contribution is -2.43. The van der Waals surface area contributed by atoms with E-state index in [1.165, 1.54) is 17.3 Å². The lowest BCUT2D eigenvalue weighted by molar-refractivity contribution is -0.137. The summed E-state index contributed by atoms with van der Waals surface area (Å²) in [5.74, 6) is -0.284. The number of ether oxygens (including phenoxy) is 1. The van der Waals surface area contributed by atoms with E-state index in [1.807, 2.05) is 37.3 Å². The first-order chi connectivity index (χ1) is 14.3. The molecular formula is C24H23NO2S3. The van der Waals surface area contributed by atoms with E-state index < -0.39 is 0 Å². The van der Waals surface area contributed by atoms with E-state index in [2.05, 4.69) is 44.3 Å². The SMILES string of the molecule is CCOC(=O)C1=C(c2ccccc2)S/C(=C2\C(=S)C(C)(C)Nc3ccc(C)cc32)S1. The first-order valence-corrected chi connectivity index (χ1v) is 11.9. The van der Waals surface area contributed by atoms with E-state index in [4.69, 9.17) is 17.0 Å². The molecule has 0 unspecified atom stereocenters. The van der Waals surface area contributed by atoms with Gasteiger partial charge in [-0.05, 0) is 45.4 Å². The Morgan fingerprint density at radius 2 is 1.87 bits per heavy atom. The molecule has 4 rings (SSSR count). The predicted octanol–water partition coefficient (Wildman–Crippen LogP) is 6.65. The maximum atomic E-state index is 12.8. The molecule has 2 aromatic carbocycles. The summed E-state index contributed by atoms with van der Waals surface area (Å²) < 4.78 is 6.40. The molecule has 2 aromatic rings. The van der Waals surface area contributed by atoms with Crippen molar-refractivity contribution in [3.05, 3.63) is 74.4 Å². The summed E-state index contributed by atoms with van der Waals surface area (Å²) in [5.41, 5.74) is 5.01. The Labute approximate surface area is 191 Å². The van der Waals surface area contributed by atoms with Gasteiger partial charge >= 0.3 is 5.97 Å². The Hall–Kier alpha value is -2.02. The number of rotatable bonds is 3. The van der Waals surface area contributed by atoms with Crippen molar-refractivity contribution in [1.29, 1.82) is 0 Å². The highest BCUT2D eigenvalue weighted by molar-refractivity contribution is 8.32. The smallest absolute Gasteiger partial charge is 0.346 e. The summed E-state index contributed by atoms with van der Waals surface area (Å²) in [6.45, 7) is 8.45. The Kier molecular flexibility index (Phi) is 5.84. The number of hydrogen-bond acceptors (Lipinski definition) is 6. The lowest BCUT2D eigenvalue weighted by Gasteiger charge is -2.37. The van der Waals surface area contributed by atoms with Gasteiger partial charge in [0.25, 0.3) is 0 Å². The zero-order chi connectivity index (χ0) is 21.5. The van der Waals surface area contributed by atoms with Crippen LogP contribution in [0.4, 0.5) is 5.69 Å². The summed E-state index contributed by atoms with van der Waals surface area (Å²) in [5, 5.41) is 3.56. The van der Waals surface area contributed by atoms with Gasteiger partial charge in [0, 0.05) is 26.6 Å². The van der Waals surface area contributed by atoms with E-state index in [0.717, 1.165) is 36.4 Å². The summed E-state index contributed by atoms with van der Waals surface area (Å²) in [7, 11) is 0. The van der Waals surface area contributed by atoms with Crippen molar-refractivity contribution in [2.24, 2.45) is 0 Å². The van der Waals surface area contributed by atoms with Gasteiger partial charge in [0.05, 0.1) is 16.4 Å². The number of carbonyl (C=O) groups excluding carboxylic acids is 1. The van der Waals surface area contributed by atoms with Crippen molar-refractivity contribution >= 4 is 62.7 Å². The Bertz CT molecular complexity index is 1100. The van der Waals surface area contributed by atoms with Crippen LogP contribution in [0.3, 0.4) is 0 Å². The van der Waals surface area contributed by atoms with Crippen molar-refractivity contribution < 1.29 is 9.53 Å². The van der Waals surface area contributed by atoms with Crippen LogP contribution >= 0.6 is 35.7 Å². The molecule has 0 bridgehead atoms. The lowest BCUT2D eigenvalue weighted by atomic mass is 9.85. The molecule has 0 saturated carbocycles. The normalized spacial score (nSPS) is 20.1. The molecule has 2 heterocycles. The number of benzene rings is 2. The highest BCUT2D eigenvalue weighted by Crippen LogP contribution is 2.58. The number of thioether (sulfide) groups is 2. The van der Waals surface area contributed by atoms with Crippen LogP contribution in [0.15, 0.2) is 57.7 Å². The Morgan fingerprint density at radius 3 is 2.57 bits per heavy atom. The van der Waals surface area contributed by atoms with Gasteiger partial charge < -0.3 is 10.1 Å². The Balaban J connectivity index is 1.88. The minimum atomic E-state index is -0.360. The molecule has 30 heavy (non-hydrogen) atoms. The average molecular weight is 454 g/mol. The van der Waals surface area contributed by atoms with Gasteiger partial charge in [-0.25, -0.2) is 4.79 Å². The van der Waals surface area contributed by atoms with Crippen LogP contribution in [-0.2, 0) is 9.53 Å². The van der Waals surface area contributed by atoms with E-state index in [-0.39, 0.29) is 11.5 Å². The van der Waals surface area contributed by atoms with Gasteiger partial charge in [0.15, 0.2) is 0 Å². The van der Waals surface area contributed by atoms with Crippen LogP contribution < -0.4 is 5.32 Å². The summed E-state index contributed by atoms with van der Waals surface area (Å²) in [6, 6.07) is 16.4. The third-order valence-electron chi connectivity index (χ3n) is 4.98. The van der Waals surface area contributed by atoms with Gasteiger partial charge in [-0.1, -0.05) is 77.7 Å². The molecule has 0 fully saturated rings. The first-order valence-electron chi connectivity index (χ1n) is 9.82. The second-order valence-corrected chi connectivity index (χ2v) is 10.4. The predicted molar refractivity (Wildman–Crippen MR) is 134 cm³/mol. The maximum absolute atomic E-state index is 12.8. The van der Waals surface area contributed by atoms with Crippen molar-refractivity contribution in [2.45, 2.75) is 33.2 Å². The van der Waals surface area contributed by atoms with Gasteiger partial charge in [0.2, 0.25) is 0 Å². The molecule has 0 radical (unpaired) electrons. The average Bonchev–Trinajstić information content (AvgIpc) is 3.15. The minimum absolute atomic E-state index is 0.284. The topological polar surface area (TPSA) is 38.3 Å². The molecule has 0 amide bonds. The number of anilines is 1. The number of carbonyl (C=O) groups is 1. The van der Waals surface area contributed by atoms with Crippen molar-refractivity contribution in [2.75, 3.05) is 11.9 Å². The number of fused-ring (bicyclic) bond motifs is 1. The first kappa shape index (κ1) is 21.2. The molecule has 0 atom stereocenters. The molecule has 2 aliphatic heterocycles. The van der Waals surface area contributed by atoms with Gasteiger partial charge in [-0.3, -0.25) is 0 Å². The molecule has 1 N–H and O–H groups in total. The molecule has 0 saturated heterocycles. The van der Waals surface area contributed by atoms with Crippen LogP contribution in [-0.4, -0.2) is 23.0 Å². The van der Waals surface area contributed by atoms with Crippen LogP contribution in [0.25, 0.3) is 10.5 Å². The fourth-order valence-corrected chi connectivity index (χ4v) is 6.61. The number of nitrogens with one attached hydrogen (secondary N) is 1. The molecule has 3 nitrogen and oxygen atoms in total. The second kappa shape index (κ2) is 8.25. The zero-order valence-electron chi connectivity index (χ0n) is 17.4. The van der Waals surface area contributed by atoms with Gasteiger partial charge in [-0.2, -0.15) is 0 Å². The summed E-state index contributed by atoms with van der Waals surface area (Å²) >= 11 is 9.04. The molecular weight excluding hydrogens is 430 g/mol. The summed E-state index contributed by atoms with van der Waals surface area (Å²) in [4.78, 5) is 15.2. The van der Waals surface area contributed by atoms with E-state index in [1.54, 1.807) is 11.8 Å². The number of thiocarbonyl (C=S) groups is 1. The third-order valence-corrected chi connectivity index (χ3v) is 8.32. The molecule has 0 aliphatic carbocycles. The quantitative estimate of drug-likeness (QED) is 0.319. The van der Waals surface area contributed by atoms with Gasteiger partial charge in [0.1, 0.15) is 4.91 Å². The molecule has 2 aliphatic rings. The van der Waals surface area contributed by atoms with E-state index >= 15 is 0 Å². The van der Waals surface area contributed by atoms with E-state index in [9.17, 15) is 4.79 Å². The monoisotopic (exact) mass is 453 g/mol. The molecule has 6 heteroatoms. The number of hydrogen-bond donors (Lipinski definition) is 1. The number of aryl methyl sites for hydroxylation is 1. The maximum Gasteiger partial charge on any atom is 0.346 e. The van der Waals surface area contributed by atoms with Crippen molar-refractivity contribution in [3.8, 4) is 0 Å². The van der Waals surface area contributed by atoms with Crippen LogP contribution in [0.5, 0.6) is 0 Å². The standard InChI is InChI=1S/C24H23NO2S3/c1-5-27-22(26)20-19(15-9-7-6-8-10-15)29-23(30-20)18-16-13-14(2)11-12-17(16)25-24(3,4)21(18)28/h6-13,25H,5H2,1-4H3/b23-18+. The Morgan fingerprint density at radius 1 is 1.13 bits per heavy atom. The van der Waals surface area contributed by atoms with Crippen LogP contribution in [0.2, 0.25) is 0 Å². The van der Waals surface area contributed by atoms with E-state index in [0.29, 0.717) is 11.5 Å². The minimum Gasteiger partial charge on any atom is -0.462 e. The van der Waals surface area contributed by atoms with Crippen molar-refractivity contribution in [3.63, 3.8) is 0 Å². The highest BCUT2D eigenvalue weighted by atomic mass is 32.2.